The second-order valence-corrected chi connectivity index (χ2v) is 5.57. The maximum Gasteiger partial charge on any atom is 0.260 e. The molecule has 0 saturated carbocycles. The Hall–Kier alpha value is -1.51. The Labute approximate surface area is 116 Å². The van der Waals surface area contributed by atoms with Crippen LogP contribution in [0.4, 0.5) is 0 Å². The van der Waals surface area contributed by atoms with Crippen molar-refractivity contribution in [2.24, 2.45) is 5.92 Å². The molecule has 0 aliphatic heterocycles. The monoisotopic (exact) mass is 263 g/mol. The first-order valence-corrected chi connectivity index (χ1v) is 6.85. The van der Waals surface area contributed by atoms with Crippen molar-refractivity contribution in [3.05, 3.63) is 29.3 Å². The topological polar surface area (TPSA) is 38.3 Å². The van der Waals surface area contributed by atoms with Crippen molar-refractivity contribution >= 4 is 5.91 Å². The molecule has 0 aliphatic carbocycles. The van der Waals surface area contributed by atoms with E-state index in [1.807, 2.05) is 32.9 Å². The van der Waals surface area contributed by atoms with E-state index in [1.54, 1.807) is 6.92 Å². The molecule has 0 saturated heterocycles. The number of nitrogens with one attached hydrogen (secondary N) is 1. The van der Waals surface area contributed by atoms with Crippen molar-refractivity contribution < 1.29 is 9.53 Å². The minimum Gasteiger partial charge on any atom is -0.481 e. The van der Waals surface area contributed by atoms with Crippen molar-refractivity contribution in [1.29, 1.82) is 0 Å². The summed E-state index contributed by atoms with van der Waals surface area (Å²) in [6, 6.07) is 6.11. The minimum atomic E-state index is -0.484. The van der Waals surface area contributed by atoms with E-state index in [0.29, 0.717) is 5.92 Å². The summed E-state index contributed by atoms with van der Waals surface area (Å²) >= 11 is 0. The fraction of sp³-hybridized carbons (Fsp3) is 0.562. The Bertz CT molecular complexity index is 440. The second-order valence-electron chi connectivity index (χ2n) is 5.57. The summed E-state index contributed by atoms with van der Waals surface area (Å²) in [5.74, 6) is 1.11. The largest absolute Gasteiger partial charge is 0.481 e. The molecule has 0 aliphatic rings. The van der Waals surface area contributed by atoms with Gasteiger partial charge >= 0.3 is 0 Å². The Morgan fingerprint density at radius 1 is 1.16 bits per heavy atom. The van der Waals surface area contributed by atoms with E-state index in [1.165, 1.54) is 5.56 Å². The van der Waals surface area contributed by atoms with E-state index in [9.17, 15) is 4.79 Å². The lowest BCUT2D eigenvalue weighted by Gasteiger charge is -2.21. The summed E-state index contributed by atoms with van der Waals surface area (Å²) in [6.45, 7) is 12.0. The maximum absolute atomic E-state index is 12.0. The van der Waals surface area contributed by atoms with Crippen LogP contribution in [0.15, 0.2) is 18.2 Å². The van der Waals surface area contributed by atoms with E-state index < -0.39 is 6.10 Å². The molecule has 0 heterocycles. The van der Waals surface area contributed by atoms with E-state index in [-0.39, 0.29) is 11.9 Å². The van der Waals surface area contributed by atoms with Gasteiger partial charge in [-0.3, -0.25) is 4.79 Å². The standard InChI is InChI=1S/C16H25NO2/c1-10(2)13(5)17-16(18)14(6)19-15-8-7-11(3)9-12(15)4/h7-10,13-14H,1-6H3,(H,17,18). The first kappa shape index (κ1) is 15.5. The van der Waals surface area contributed by atoms with E-state index in [0.717, 1.165) is 11.3 Å². The number of rotatable bonds is 5. The molecule has 0 spiro atoms. The molecule has 3 heteroatoms. The predicted molar refractivity (Wildman–Crippen MR) is 78.4 cm³/mol. The highest BCUT2D eigenvalue weighted by molar-refractivity contribution is 5.81. The summed E-state index contributed by atoms with van der Waals surface area (Å²) in [7, 11) is 0. The van der Waals surface area contributed by atoms with Crippen LogP contribution in [0.25, 0.3) is 0 Å². The number of ether oxygens (including phenoxy) is 1. The number of benzene rings is 1. The van der Waals surface area contributed by atoms with Crippen LogP contribution in [0, 0.1) is 19.8 Å². The van der Waals surface area contributed by atoms with Crippen LogP contribution in [0.2, 0.25) is 0 Å². The number of carbonyl (C=O) groups is 1. The van der Waals surface area contributed by atoms with Gasteiger partial charge in [0.25, 0.3) is 5.91 Å². The molecule has 1 aromatic carbocycles. The van der Waals surface area contributed by atoms with Gasteiger partial charge in [-0.1, -0.05) is 31.5 Å². The van der Waals surface area contributed by atoms with Gasteiger partial charge in [-0.25, -0.2) is 0 Å². The van der Waals surface area contributed by atoms with Crippen LogP contribution < -0.4 is 10.1 Å². The zero-order valence-corrected chi connectivity index (χ0v) is 12.8. The molecule has 106 valence electrons. The number of hydrogen-bond acceptors (Lipinski definition) is 2. The number of carbonyl (C=O) groups excluding carboxylic acids is 1. The molecular formula is C16H25NO2. The summed E-state index contributed by atoms with van der Waals surface area (Å²) in [4.78, 5) is 12.0. The Balaban J connectivity index is 2.63. The Morgan fingerprint density at radius 2 is 1.79 bits per heavy atom. The van der Waals surface area contributed by atoms with Crippen molar-refractivity contribution in [2.75, 3.05) is 0 Å². The molecule has 0 bridgehead atoms. The highest BCUT2D eigenvalue weighted by Gasteiger charge is 2.18. The average molecular weight is 263 g/mol. The maximum atomic E-state index is 12.0. The molecule has 0 aromatic heterocycles. The van der Waals surface area contributed by atoms with Gasteiger partial charge in [0.15, 0.2) is 6.10 Å². The molecule has 0 fully saturated rings. The molecule has 1 rings (SSSR count). The lowest BCUT2D eigenvalue weighted by molar-refractivity contribution is -0.128. The highest BCUT2D eigenvalue weighted by Crippen LogP contribution is 2.20. The molecule has 0 radical (unpaired) electrons. The quantitative estimate of drug-likeness (QED) is 0.885. The summed E-state index contributed by atoms with van der Waals surface area (Å²) < 4.78 is 5.73. The molecule has 2 unspecified atom stereocenters. The fourth-order valence-corrected chi connectivity index (χ4v) is 1.68. The van der Waals surface area contributed by atoms with Crippen LogP contribution in [0.5, 0.6) is 5.75 Å². The van der Waals surface area contributed by atoms with E-state index in [2.05, 4.69) is 25.2 Å². The third kappa shape index (κ3) is 4.58. The van der Waals surface area contributed by atoms with Crippen LogP contribution >= 0.6 is 0 Å². The van der Waals surface area contributed by atoms with Crippen molar-refractivity contribution in [3.63, 3.8) is 0 Å². The molecule has 3 nitrogen and oxygen atoms in total. The van der Waals surface area contributed by atoms with Gasteiger partial charge in [0.05, 0.1) is 0 Å². The first-order chi connectivity index (χ1) is 8.81. The van der Waals surface area contributed by atoms with Gasteiger partial charge in [0, 0.05) is 6.04 Å². The normalized spacial score (nSPS) is 14.1. The molecule has 1 amide bonds. The van der Waals surface area contributed by atoms with Gasteiger partial charge < -0.3 is 10.1 Å². The van der Waals surface area contributed by atoms with Gasteiger partial charge in [-0.2, -0.15) is 0 Å². The van der Waals surface area contributed by atoms with E-state index in [4.69, 9.17) is 4.74 Å². The third-order valence-corrected chi connectivity index (χ3v) is 3.37. The third-order valence-electron chi connectivity index (χ3n) is 3.37. The number of amides is 1. The van der Waals surface area contributed by atoms with Crippen LogP contribution in [0.3, 0.4) is 0 Å². The first-order valence-electron chi connectivity index (χ1n) is 6.85. The lowest BCUT2D eigenvalue weighted by Crippen LogP contribution is -2.43. The number of aryl methyl sites for hydroxylation is 2. The molecule has 2 atom stereocenters. The molecule has 1 N–H and O–H groups in total. The summed E-state index contributed by atoms with van der Waals surface area (Å²) in [6.07, 6.45) is -0.484. The van der Waals surface area contributed by atoms with Crippen molar-refractivity contribution in [2.45, 2.75) is 53.7 Å². The zero-order chi connectivity index (χ0) is 14.6. The van der Waals surface area contributed by atoms with Crippen LogP contribution in [-0.4, -0.2) is 18.1 Å². The number of hydrogen-bond donors (Lipinski definition) is 1. The van der Waals surface area contributed by atoms with Crippen molar-refractivity contribution in [3.8, 4) is 5.75 Å². The summed E-state index contributed by atoms with van der Waals surface area (Å²) in [5, 5.41) is 2.97. The molecular weight excluding hydrogens is 238 g/mol. The predicted octanol–water partition coefficient (Wildman–Crippen LogP) is 3.23. The molecule has 19 heavy (non-hydrogen) atoms. The van der Waals surface area contributed by atoms with E-state index >= 15 is 0 Å². The Morgan fingerprint density at radius 3 is 2.32 bits per heavy atom. The fourth-order valence-electron chi connectivity index (χ4n) is 1.68. The Kier molecular flexibility index (Phi) is 5.40. The van der Waals surface area contributed by atoms with Gasteiger partial charge in [-0.05, 0) is 45.2 Å². The van der Waals surface area contributed by atoms with Crippen LogP contribution in [-0.2, 0) is 4.79 Å². The van der Waals surface area contributed by atoms with Gasteiger partial charge in [0.2, 0.25) is 0 Å². The zero-order valence-electron chi connectivity index (χ0n) is 12.8. The summed E-state index contributed by atoms with van der Waals surface area (Å²) in [5.41, 5.74) is 2.24. The SMILES string of the molecule is Cc1ccc(OC(C)C(=O)NC(C)C(C)C)c(C)c1. The second kappa shape index (κ2) is 6.60. The highest BCUT2D eigenvalue weighted by atomic mass is 16.5. The lowest BCUT2D eigenvalue weighted by atomic mass is 10.1. The minimum absolute atomic E-state index is 0.0684. The van der Waals surface area contributed by atoms with Crippen LogP contribution in [0.1, 0.15) is 38.8 Å². The molecule has 1 aromatic rings. The smallest absolute Gasteiger partial charge is 0.260 e. The van der Waals surface area contributed by atoms with Crippen molar-refractivity contribution in [1.82, 2.24) is 5.32 Å². The van der Waals surface area contributed by atoms with Gasteiger partial charge in [0.1, 0.15) is 5.75 Å². The average Bonchev–Trinajstić information content (AvgIpc) is 2.32. The van der Waals surface area contributed by atoms with Gasteiger partial charge in [-0.15, -0.1) is 0 Å².